The number of aromatic nitrogens is 1. The third kappa shape index (κ3) is 3.91. The van der Waals surface area contributed by atoms with Gasteiger partial charge in [0.25, 0.3) is 0 Å². The standard InChI is InChI=1S/C23H17NO3Se/c25-22(28-18-11-5-2-6-12-18)20-15-24(21-14-8-7-13-19(20)21)23(26)27-16-17-9-3-1-4-10-17/h1-15H,16H2. The summed E-state index contributed by atoms with van der Waals surface area (Å²) in [5.41, 5.74) is 2.14. The summed E-state index contributed by atoms with van der Waals surface area (Å²) < 4.78 is 7.91. The predicted molar refractivity (Wildman–Crippen MR) is 110 cm³/mol. The van der Waals surface area contributed by atoms with E-state index >= 15 is 0 Å². The number of hydrogen-bond donors (Lipinski definition) is 0. The van der Waals surface area contributed by atoms with Crippen LogP contribution in [0.3, 0.4) is 0 Å². The van der Waals surface area contributed by atoms with Crippen molar-refractivity contribution >= 4 is 41.1 Å². The second-order valence-electron chi connectivity index (χ2n) is 6.17. The predicted octanol–water partition coefficient (Wildman–Crippen LogP) is 4.00. The third-order valence-corrected chi connectivity index (χ3v) is 6.20. The van der Waals surface area contributed by atoms with Gasteiger partial charge in [0, 0.05) is 0 Å². The molecule has 4 aromatic rings. The Bertz CT molecular complexity index is 1120. The van der Waals surface area contributed by atoms with E-state index in [9.17, 15) is 9.59 Å². The van der Waals surface area contributed by atoms with Crippen molar-refractivity contribution < 1.29 is 14.3 Å². The molecule has 0 atom stereocenters. The summed E-state index contributed by atoms with van der Waals surface area (Å²) >= 11 is -0.357. The second kappa shape index (κ2) is 8.26. The number of nitrogens with zero attached hydrogens (tertiary/aromatic N) is 1. The fraction of sp³-hybridized carbons (Fsp3) is 0.0435. The van der Waals surface area contributed by atoms with Gasteiger partial charge in [0.2, 0.25) is 0 Å². The molecule has 0 N–H and O–H groups in total. The van der Waals surface area contributed by atoms with E-state index in [0.717, 1.165) is 15.4 Å². The molecule has 0 aliphatic heterocycles. The van der Waals surface area contributed by atoms with Crippen molar-refractivity contribution in [3.63, 3.8) is 0 Å². The van der Waals surface area contributed by atoms with Gasteiger partial charge in [-0.1, -0.05) is 0 Å². The van der Waals surface area contributed by atoms with E-state index in [1.165, 1.54) is 4.57 Å². The number of carbonyl (C=O) groups excluding carboxylic acids is 2. The number of ether oxygens (including phenoxy) is 1. The number of benzene rings is 3. The second-order valence-corrected chi connectivity index (χ2v) is 8.37. The zero-order chi connectivity index (χ0) is 19.3. The van der Waals surface area contributed by atoms with E-state index in [0.29, 0.717) is 11.1 Å². The molecule has 0 saturated heterocycles. The van der Waals surface area contributed by atoms with Gasteiger partial charge in [-0.05, 0) is 0 Å². The number of hydrogen-bond acceptors (Lipinski definition) is 3. The molecule has 28 heavy (non-hydrogen) atoms. The molecule has 0 unspecified atom stereocenters. The van der Waals surface area contributed by atoms with Crippen molar-refractivity contribution in [3.8, 4) is 0 Å². The van der Waals surface area contributed by atoms with Crippen LogP contribution in [0.5, 0.6) is 0 Å². The average Bonchev–Trinajstić information content (AvgIpc) is 3.13. The number of rotatable bonds is 5. The van der Waals surface area contributed by atoms with Crippen LogP contribution in [0.4, 0.5) is 4.79 Å². The number of carbonyl (C=O) groups is 2. The van der Waals surface area contributed by atoms with E-state index in [1.54, 1.807) is 6.20 Å². The normalized spacial score (nSPS) is 10.7. The van der Waals surface area contributed by atoms with Crippen molar-refractivity contribution in [2.24, 2.45) is 0 Å². The van der Waals surface area contributed by atoms with Crippen molar-refractivity contribution in [2.45, 2.75) is 6.61 Å². The summed E-state index contributed by atoms with van der Waals surface area (Å²) in [6, 6.07) is 26.6. The zero-order valence-electron chi connectivity index (χ0n) is 14.9. The van der Waals surface area contributed by atoms with Crippen molar-refractivity contribution in [3.05, 3.63) is 102 Å². The maximum atomic E-state index is 12.9. The summed E-state index contributed by atoms with van der Waals surface area (Å²) in [5, 5.41) is 0.766. The first-order chi connectivity index (χ1) is 13.7. The average molecular weight is 434 g/mol. The molecule has 0 bridgehead atoms. The van der Waals surface area contributed by atoms with Gasteiger partial charge in [0.05, 0.1) is 0 Å². The van der Waals surface area contributed by atoms with E-state index in [-0.39, 0.29) is 26.2 Å². The van der Waals surface area contributed by atoms with Crippen LogP contribution in [0, 0.1) is 0 Å². The minimum atomic E-state index is -0.494. The molecule has 4 nitrogen and oxygen atoms in total. The summed E-state index contributed by atoms with van der Waals surface area (Å²) in [6.07, 6.45) is 1.11. The topological polar surface area (TPSA) is 48.3 Å². The first-order valence-electron chi connectivity index (χ1n) is 8.81. The molecule has 0 fully saturated rings. The van der Waals surface area contributed by atoms with Crippen LogP contribution >= 0.6 is 0 Å². The van der Waals surface area contributed by atoms with E-state index < -0.39 is 6.09 Å². The van der Waals surface area contributed by atoms with Crippen LogP contribution < -0.4 is 4.46 Å². The quantitative estimate of drug-likeness (QED) is 0.447. The van der Waals surface area contributed by atoms with Crippen LogP contribution in [0.2, 0.25) is 0 Å². The third-order valence-electron chi connectivity index (χ3n) is 4.29. The Hall–Kier alpha value is -3.14. The Labute approximate surface area is 168 Å². The first-order valence-corrected chi connectivity index (χ1v) is 10.5. The molecule has 1 aromatic heterocycles. The van der Waals surface area contributed by atoms with Crippen LogP contribution in [0.25, 0.3) is 10.9 Å². The molecule has 0 radical (unpaired) electrons. The molecular formula is C23H17NO3Se. The van der Waals surface area contributed by atoms with Crippen LogP contribution in [0.15, 0.2) is 91.1 Å². The van der Waals surface area contributed by atoms with Gasteiger partial charge in [0.15, 0.2) is 0 Å². The molecule has 4 rings (SSSR count). The van der Waals surface area contributed by atoms with E-state index in [4.69, 9.17) is 4.74 Å². The van der Waals surface area contributed by atoms with Crippen LogP contribution in [-0.4, -0.2) is 30.3 Å². The Morgan fingerprint density at radius 2 is 1.46 bits per heavy atom. The molecule has 0 aliphatic rings. The monoisotopic (exact) mass is 435 g/mol. The molecule has 5 heteroatoms. The molecule has 3 aromatic carbocycles. The number of fused-ring (bicyclic) bond motifs is 1. The molecule has 0 amide bonds. The molecule has 0 aliphatic carbocycles. The van der Waals surface area contributed by atoms with Gasteiger partial charge in [-0.15, -0.1) is 0 Å². The summed E-state index contributed by atoms with van der Waals surface area (Å²) in [5.74, 6) is 0. The van der Waals surface area contributed by atoms with Crippen molar-refractivity contribution in [1.29, 1.82) is 0 Å². The van der Waals surface area contributed by atoms with Gasteiger partial charge < -0.3 is 0 Å². The Morgan fingerprint density at radius 3 is 2.21 bits per heavy atom. The molecule has 138 valence electrons. The Balaban J connectivity index is 1.61. The summed E-state index contributed by atoms with van der Waals surface area (Å²) in [6.45, 7) is 0.184. The zero-order valence-corrected chi connectivity index (χ0v) is 16.7. The number of para-hydroxylation sites is 1. The fourth-order valence-corrected chi connectivity index (χ4v) is 4.57. The fourth-order valence-electron chi connectivity index (χ4n) is 2.93. The molecule has 0 spiro atoms. The molecule has 0 saturated carbocycles. The molecule has 1 heterocycles. The minimum absolute atomic E-state index is 0.0320. The maximum absolute atomic E-state index is 12.9. The van der Waals surface area contributed by atoms with Gasteiger partial charge >= 0.3 is 169 Å². The van der Waals surface area contributed by atoms with Crippen molar-refractivity contribution in [2.75, 3.05) is 0 Å². The summed E-state index contributed by atoms with van der Waals surface area (Å²) in [4.78, 5) is 25.6. The Morgan fingerprint density at radius 1 is 0.821 bits per heavy atom. The van der Waals surface area contributed by atoms with Gasteiger partial charge in [0.1, 0.15) is 0 Å². The Kier molecular flexibility index (Phi) is 5.38. The van der Waals surface area contributed by atoms with Crippen LogP contribution in [-0.2, 0) is 11.3 Å². The van der Waals surface area contributed by atoms with Gasteiger partial charge in [-0.25, -0.2) is 0 Å². The van der Waals surface area contributed by atoms with Gasteiger partial charge in [-0.2, -0.15) is 0 Å². The molecular weight excluding hydrogens is 417 g/mol. The van der Waals surface area contributed by atoms with Crippen molar-refractivity contribution in [1.82, 2.24) is 4.57 Å². The first kappa shape index (κ1) is 18.2. The van der Waals surface area contributed by atoms with E-state index in [1.807, 2.05) is 84.9 Å². The van der Waals surface area contributed by atoms with Gasteiger partial charge in [-0.3, -0.25) is 0 Å². The summed E-state index contributed by atoms with van der Waals surface area (Å²) in [7, 11) is 0. The van der Waals surface area contributed by atoms with Crippen LogP contribution in [0.1, 0.15) is 15.9 Å². The SMILES string of the molecule is O=C([Se]c1ccccc1)c1cn(C(=O)OCc2ccccc2)c2ccccc12. The van der Waals surface area contributed by atoms with E-state index in [2.05, 4.69) is 0 Å².